The van der Waals surface area contributed by atoms with E-state index in [9.17, 15) is 5.11 Å². The zero-order valence-electron chi connectivity index (χ0n) is 19.5. The Morgan fingerprint density at radius 2 is 1.91 bits per heavy atom. The van der Waals surface area contributed by atoms with Crippen molar-refractivity contribution < 1.29 is 9.84 Å². The Bertz CT molecular complexity index is 1130. The lowest BCUT2D eigenvalue weighted by molar-refractivity contribution is -0.0261. The maximum absolute atomic E-state index is 11.2. The Balaban J connectivity index is 1.25. The topological polar surface area (TPSA) is 45.6 Å². The van der Waals surface area contributed by atoms with Crippen molar-refractivity contribution in [1.82, 2.24) is 9.88 Å². The quantitative estimate of drug-likeness (QED) is 0.439. The highest BCUT2D eigenvalue weighted by atomic mass is 35.5. The third-order valence-corrected chi connectivity index (χ3v) is 8.64. The van der Waals surface area contributed by atoms with Gasteiger partial charge in [0.2, 0.25) is 0 Å². The van der Waals surface area contributed by atoms with Gasteiger partial charge in [-0.25, -0.2) is 0 Å². The largest absolute Gasteiger partial charge is 0.497 e. The summed E-state index contributed by atoms with van der Waals surface area (Å²) in [5.41, 5.74) is 4.12. The van der Waals surface area contributed by atoms with Gasteiger partial charge in [-0.2, -0.15) is 0 Å². The van der Waals surface area contributed by atoms with Crippen LogP contribution in [0.25, 0.3) is 0 Å². The number of likely N-dealkylation sites (tertiary alicyclic amines) is 1. The van der Waals surface area contributed by atoms with Crippen molar-refractivity contribution in [1.29, 1.82) is 0 Å². The molecule has 0 aliphatic carbocycles. The van der Waals surface area contributed by atoms with E-state index in [4.69, 9.17) is 21.3 Å². The summed E-state index contributed by atoms with van der Waals surface area (Å²) in [4.78, 5) is 8.53. The fourth-order valence-electron chi connectivity index (χ4n) is 5.28. The average Bonchev–Trinajstić information content (AvgIpc) is 3.02. The van der Waals surface area contributed by atoms with Gasteiger partial charge in [0.25, 0.3) is 0 Å². The first-order valence-corrected chi connectivity index (χ1v) is 13.4. The molecule has 0 spiro atoms. The number of fused-ring (bicyclic) bond motifs is 2. The van der Waals surface area contributed by atoms with Gasteiger partial charge in [-0.1, -0.05) is 29.8 Å². The molecular formula is C28H31ClN2O2S. The second kappa shape index (κ2) is 10.3. The van der Waals surface area contributed by atoms with E-state index in [-0.39, 0.29) is 0 Å². The van der Waals surface area contributed by atoms with Crippen LogP contribution in [0.3, 0.4) is 0 Å². The van der Waals surface area contributed by atoms with Crippen LogP contribution in [0, 0.1) is 0 Å². The van der Waals surface area contributed by atoms with Crippen LogP contribution in [-0.2, 0) is 11.4 Å². The van der Waals surface area contributed by atoms with Crippen LogP contribution in [0.2, 0.25) is 5.02 Å². The summed E-state index contributed by atoms with van der Waals surface area (Å²) in [7, 11) is 1.73. The van der Waals surface area contributed by atoms with Crippen LogP contribution in [0.15, 0.2) is 65.7 Å². The van der Waals surface area contributed by atoms with E-state index in [1.165, 1.54) is 21.7 Å². The minimum absolute atomic E-state index is 0.319. The molecule has 1 unspecified atom stereocenters. The number of hydrogen-bond acceptors (Lipinski definition) is 5. The van der Waals surface area contributed by atoms with E-state index in [0.717, 1.165) is 62.4 Å². The van der Waals surface area contributed by atoms with Crippen LogP contribution in [0.5, 0.6) is 5.75 Å². The maximum Gasteiger partial charge on any atom is 0.119 e. The SMILES string of the molecule is COc1ccc2c(c1)C(CCCN1CCC(O)(c3ccc(Cl)cc3)CC1)c1cccnc1CS2. The van der Waals surface area contributed by atoms with E-state index in [0.29, 0.717) is 10.9 Å². The number of piperidine rings is 1. The van der Waals surface area contributed by atoms with Gasteiger partial charge >= 0.3 is 0 Å². The molecule has 0 bridgehead atoms. The summed E-state index contributed by atoms with van der Waals surface area (Å²) in [5, 5.41) is 11.9. The number of pyridine rings is 1. The molecule has 178 valence electrons. The minimum atomic E-state index is -0.750. The highest BCUT2D eigenvalue weighted by Gasteiger charge is 2.34. The van der Waals surface area contributed by atoms with E-state index >= 15 is 0 Å². The number of nitrogens with zero attached hydrogens (tertiary/aromatic N) is 2. The summed E-state index contributed by atoms with van der Waals surface area (Å²) in [6.45, 7) is 2.85. The molecule has 2 aliphatic heterocycles. The van der Waals surface area contributed by atoms with Crippen molar-refractivity contribution >= 4 is 23.4 Å². The molecule has 2 aliphatic rings. The Kier molecular flexibility index (Phi) is 7.16. The first-order valence-electron chi connectivity index (χ1n) is 12.0. The molecular weight excluding hydrogens is 464 g/mol. The molecule has 0 radical (unpaired) electrons. The summed E-state index contributed by atoms with van der Waals surface area (Å²) in [5.74, 6) is 2.13. The summed E-state index contributed by atoms with van der Waals surface area (Å²) in [6.07, 6.45) is 5.57. The van der Waals surface area contributed by atoms with Crippen LogP contribution in [-0.4, -0.2) is 41.7 Å². The predicted octanol–water partition coefficient (Wildman–Crippen LogP) is 6.25. The highest BCUT2D eigenvalue weighted by molar-refractivity contribution is 7.98. The van der Waals surface area contributed by atoms with Crippen LogP contribution in [0.4, 0.5) is 0 Å². The van der Waals surface area contributed by atoms with Crippen molar-refractivity contribution in [2.24, 2.45) is 0 Å². The number of benzene rings is 2. The standard InChI is InChI=1S/C28H31ClN2O2S/c1-33-22-10-11-27-25(18-22)23(24-4-2-14-30-26(24)19-34-27)5-3-15-31-16-12-28(32,13-17-31)20-6-8-21(29)9-7-20/h2,4,6-11,14,18,23,32H,3,5,12-13,15-17,19H2,1H3. The molecule has 1 atom stereocenters. The Morgan fingerprint density at radius 1 is 1.12 bits per heavy atom. The van der Waals surface area contributed by atoms with Gasteiger partial charge in [-0.3, -0.25) is 4.98 Å². The van der Waals surface area contributed by atoms with Gasteiger partial charge in [-0.15, -0.1) is 11.8 Å². The zero-order valence-corrected chi connectivity index (χ0v) is 21.1. The maximum atomic E-state index is 11.2. The van der Waals surface area contributed by atoms with E-state index in [2.05, 4.69) is 35.2 Å². The number of aliphatic hydroxyl groups is 1. The fraction of sp³-hybridized carbons (Fsp3) is 0.393. The Morgan fingerprint density at radius 3 is 2.68 bits per heavy atom. The normalized spacial score (nSPS) is 19.7. The predicted molar refractivity (Wildman–Crippen MR) is 139 cm³/mol. The number of methoxy groups -OCH3 is 1. The molecule has 6 heteroatoms. The molecule has 0 amide bonds. The smallest absolute Gasteiger partial charge is 0.119 e. The van der Waals surface area contributed by atoms with Crippen LogP contribution >= 0.6 is 23.4 Å². The third kappa shape index (κ3) is 4.99. The molecule has 34 heavy (non-hydrogen) atoms. The fourth-order valence-corrected chi connectivity index (χ4v) is 6.48. The number of thioether (sulfide) groups is 1. The highest BCUT2D eigenvalue weighted by Crippen LogP contribution is 2.43. The summed E-state index contributed by atoms with van der Waals surface area (Å²) in [6, 6.07) is 18.4. The molecule has 3 aromatic rings. The lowest BCUT2D eigenvalue weighted by Crippen LogP contribution is -2.42. The third-order valence-electron chi connectivity index (χ3n) is 7.29. The van der Waals surface area contributed by atoms with Crippen LogP contribution < -0.4 is 4.74 Å². The van der Waals surface area contributed by atoms with Crippen LogP contribution in [0.1, 0.15) is 54.0 Å². The number of rotatable bonds is 6. The Hall–Kier alpha value is -2.05. The second-order valence-corrected chi connectivity index (χ2v) is 10.8. The number of hydrogen-bond donors (Lipinski definition) is 1. The van der Waals surface area contributed by atoms with Crippen molar-refractivity contribution in [3.05, 3.63) is 88.2 Å². The molecule has 1 aromatic heterocycles. The first-order chi connectivity index (χ1) is 16.6. The first kappa shape index (κ1) is 23.7. The Labute approximate surface area is 211 Å². The van der Waals surface area contributed by atoms with Crippen molar-refractivity contribution in [2.75, 3.05) is 26.7 Å². The molecule has 3 heterocycles. The molecule has 4 nitrogen and oxygen atoms in total. The second-order valence-electron chi connectivity index (χ2n) is 9.31. The van der Waals surface area contributed by atoms with Gasteiger partial charge in [0.05, 0.1) is 18.4 Å². The number of ether oxygens (including phenoxy) is 1. The lowest BCUT2D eigenvalue weighted by Gasteiger charge is -2.38. The minimum Gasteiger partial charge on any atom is -0.497 e. The van der Waals surface area contributed by atoms with Gasteiger partial charge in [-0.05, 0) is 85.3 Å². The zero-order chi connectivity index (χ0) is 23.5. The molecule has 0 saturated carbocycles. The van der Waals surface area contributed by atoms with Crippen molar-refractivity contribution in [3.63, 3.8) is 0 Å². The lowest BCUT2D eigenvalue weighted by atomic mass is 9.84. The number of aromatic nitrogens is 1. The van der Waals surface area contributed by atoms with Gasteiger partial charge in [0, 0.05) is 40.9 Å². The van der Waals surface area contributed by atoms with Crippen molar-refractivity contribution in [3.8, 4) is 5.75 Å². The number of halogens is 1. The summed E-state index contributed by atoms with van der Waals surface area (Å²) >= 11 is 7.90. The van der Waals surface area contributed by atoms with E-state index in [1.54, 1.807) is 7.11 Å². The molecule has 1 N–H and O–H groups in total. The molecule has 2 aromatic carbocycles. The molecule has 1 saturated heterocycles. The molecule has 5 rings (SSSR count). The van der Waals surface area contributed by atoms with Gasteiger partial charge in [0.1, 0.15) is 5.75 Å². The van der Waals surface area contributed by atoms with Gasteiger partial charge < -0.3 is 14.7 Å². The molecule has 1 fully saturated rings. The van der Waals surface area contributed by atoms with E-state index in [1.807, 2.05) is 42.2 Å². The van der Waals surface area contributed by atoms with Crippen molar-refractivity contribution in [2.45, 2.75) is 47.9 Å². The van der Waals surface area contributed by atoms with Gasteiger partial charge in [0.15, 0.2) is 0 Å². The summed E-state index contributed by atoms with van der Waals surface area (Å²) < 4.78 is 5.56. The average molecular weight is 495 g/mol. The van der Waals surface area contributed by atoms with E-state index < -0.39 is 5.60 Å². The monoisotopic (exact) mass is 494 g/mol.